The molecule has 4 aromatic rings. The Balaban J connectivity index is 1.39. The highest BCUT2D eigenvalue weighted by Gasteiger charge is 2.12. The third-order valence-corrected chi connectivity index (χ3v) is 4.15. The van der Waals surface area contributed by atoms with Crippen LogP contribution < -0.4 is 10.6 Å². The summed E-state index contributed by atoms with van der Waals surface area (Å²) in [5.41, 5.74) is 2.15. The van der Waals surface area contributed by atoms with Crippen molar-refractivity contribution in [2.75, 3.05) is 5.32 Å². The summed E-state index contributed by atoms with van der Waals surface area (Å²) in [6.45, 7) is 0.304. The Bertz CT molecular complexity index is 978. The summed E-state index contributed by atoms with van der Waals surface area (Å²) >= 11 is 1.32. The zero-order valence-corrected chi connectivity index (χ0v) is 13.7. The molecule has 0 saturated heterocycles. The van der Waals surface area contributed by atoms with Gasteiger partial charge in [-0.05, 0) is 12.1 Å². The Kier molecular flexibility index (Phi) is 4.05. The lowest BCUT2D eigenvalue weighted by molar-refractivity contribution is 0.0946. The molecule has 0 atom stereocenters. The van der Waals surface area contributed by atoms with Gasteiger partial charge in [0.2, 0.25) is 0 Å². The maximum atomic E-state index is 12.2. The lowest BCUT2D eigenvalue weighted by Crippen LogP contribution is -2.23. The summed E-state index contributed by atoms with van der Waals surface area (Å²) in [4.78, 5) is 32.2. The Morgan fingerprint density at radius 1 is 1.20 bits per heavy atom. The van der Waals surface area contributed by atoms with Crippen LogP contribution in [0.5, 0.6) is 0 Å². The number of rotatable bonds is 5. The quantitative estimate of drug-likeness (QED) is 0.510. The monoisotopic (exact) mass is 351 g/mol. The second-order valence-corrected chi connectivity index (χ2v) is 5.99. The first kappa shape index (κ1) is 15.2. The zero-order valence-electron chi connectivity index (χ0n) is 12.9. The molecule has 0 aliphatic heterocycles. The number of imidazole rings is 1. The van der Waals surface area contributed by atoms with Crippen LogP contribution in [0, 0.1) is 0 Å². The van der Waals surface area contributed by atoms with E-state index in [-0.39, 0.29) is 5.91 Å². The number of carbonyl (C=O) groups is 1. The number of thiazole rings is 1. The number of H-pyrrole nitrogens is 1. The van der Waals surface area contributed by atoms with Crippen molar-refractivity contribution in [1.29, 1.82) is 0 Å². The SMILES string of the molecule is O=C(NCc1nc2ccccc2[nH]1)c1csc(Nc2cnccn2)n1. The van der Waals surface area contributed by atoms with Gasteiger partial charge in [-0.1, -0.05) is 12.1 Å². The van der Waals surface area contributed by atoms with Crippen molar-refractivity contribution in [3.05, 3.63) is 59.8 Å². The third kappa shape index (κ3) is 3.45. The average Bonchev–Trinajstić information content (AvgIpc) is 3.27. The standard InChI is InChI=1S/C16H13N7OS/c24-15(19-8-14-20-10-3-1-2-4-11(10)21-14)12-9-25-16(22-12)23-13-7-17-5-6-18-13/h1-7,9H,8H2,(H,19,24)(H,20,21)(H,18,22,23). The first-order valence-electron chi connectivity index (χ1n) is 7.48. The van der Waals surface area contributed by atoms with Crippen molar-refractivity contribution in [2.45, 2.75) is 6.54 Å². The summed E-state index contributed by atoms with van der Waals surface area (Å²) in [7, 11) is 0. The molecule has 3 aromatic heterocycles. The molecule has 3 heterocycles. The smallest absolute Gasteiger partial charge is 0.271 e. The molecule has 3 N–H and O–H groups in total. The van der Waals surface area contributed by atoms with E-state index in [1.165, 1.54) is 11.3 Å². The highest BCUT2D eigenvalue weighted by atomic mass is 32.1. The van der Waals surface area contributed by atoms with E-state index in [1.807, 2.05) is 24.3 Å². The molecule has 0 saturated carbocycles. The molecule has 0 spiro atoms. The van der Waals surface area contributed by atoms with E-state index in [1.54, 1.807) is 24.0 Å². The van der Waals surface area contributed by atoms with Gasteiger partial charge in [0.1, 0.15) is 11.5 Å². The molecule has 0 aliphatic carbocycles. The van der Waals surface area contributed by atoms with Gasteiger partial charge in [-0.15, -0.1) is 11.3 Å². The molecule has 0 bridgehead atoms. The number of carbonyl (C=O) groups excluding carboxylic acids is 1. The molecule has 8 nitrogen and oxygen atoms in total. The van der Waals surface area contributed by atoms with Crippen molar-refractivity contribution in [3.8, 4) is 0 Å². The van der Waals surface area contributed by atoms with Crippen LogP contribution in [0.2, 0.25) is 0 Å². The maximum absolute atomic E-state index is 12.2. The summed E-state index contributed by atoms with van der Waals surface area (Å²) in [5.74, 6) is 1.01. The van der Waals surface area contributed by atoms with Gasteiger partial charge in [0, 0.05) is 17.8 Å². The first-order chi connectivity index (χ1) is 12.3. The van der Waals surface area contributed by atoms with Gasteiger partial charge in [-0.2, -0.15) is 0 Å². The third-order valence-electron chi connectivity index (χ3n) is 3.39. The first-order valence-corrected chi connectivity index (χ1v) is 8.36. The number of hydrogen-bond acceptors (Lipinski definition) is 7. The molecule has 0 radical (unpaired) electrons. The van der Waals surface area contributed by atoms with Crippen LogP contribution in [0.4, 0.5) is 10.9 Å². The Labute approximate surface area is 146 Å². The molecule has 0 aliphatic rings. The number of benzene rings is 1. The molecule has 1 amide bonds. The van der Waals surface area contributed by atoms with Crippen molar-refractivity contribution in [2.24, 2.45) is 0 Å². The number of nitrogens with zero attached hydrogens (tertiary/aromatic N) is 4. The summed E-state index contributed by atoms with van der Waals surface area (Å²) < 4.78 is 0. The van der Waals surface area contributed by atoms with E-state index in [4.69, 9.17) is 0 Å². The Morgan fingerprint density at radius 2 is 2.12 bits per heavy atom. The van der Waals surface area contributed by atoms with Crippen LogP contribution in [0.1, 0.15) is 16.3 Å². The van der Waals surface area contributed by atoms with Gasteiger partial charge in [0.25, 0.3) is 5.91 Å². The molecular weight excluding hydrogens is 338 g/mol. The highest BCUT2D eigenvalue weighted by molar-refractivity contribution is 7.14. The minimum absolute atomic E-state index is 0.260. The van der Waals surface area contributed by atoms with E-state index in [9.17, 15) is 4.79 Å². The second-order valence-electron chi connectivity index (χ2n) is 5.14. The predicted octanol–water partition coefficient (Wildman–Crippen LogP) is 2.48. The van der Waals surface area contributed by atoms with E-state index < -0.39 is 0 Å². The van der Waals surface area contributed by atoms with Crippen LogP contribution >= 0.6 is 11.3 Å². The van der Waals surface area contributed by atoms with E-state index in [0.717, 1.165) is 11.0 Å². The zero-order chi connectivity index (χ0) is 17.1. The minimum Gasteiger partial charge on any atom is -0.343 e. The molecule has 124 valence electrons. The topological polar surface area (TPSA) is 108 Å². The lowest BCUT2D eigenvalue weighted by atomic mass is 10.3. The van der Waals surface area contributed by atoms with E-state index >= 15 is 0 Å². The summed E-state index contributed by atoms with van der Waals surface area (Å²) in [6, 6.07) is 7.72. The molecule has 0 unspecified atom stereocenters. The number of aromatic amines is 1. The molecule has 0 fully saturated rings. The van der Waals surface area contributed by atoms with E-state index in [0.29, 0.717) is 29.0 Å². The van der Waals surface area contributed by atoms with Crippen LogP contribution in [-0.4, -0.2) is 30.8 Å². The lowest BCUT2D eigenvalue weighted by Gasteiger charge is -2.00. The van der Waals surface area contributed by atoms with Crippen LogP contribution in [0.15, 0.2) is 48.2 Å². The number of hydrogen-bond donors (Lipinski definition) is 3. The fraction of sp³-hybridized carbons (Fsp3) is 0.0625. The number of anilines is 2. The molecule has 4 rings (SSSR count). The van der Waals surface area contributed by atoms with Crippen molar-refractivity contribution in [1.82, 2.24) is 30.2 Å². The van der Waals surface area contributed by atoms with Crippen molar-refractivity contribution < 1.29 is 4.79 Å². The average molecular weight is 351 g/mol. The van der Waals surface area contributed by atoms with Gasteiger partial charge >= 0.3 is 0 Å². The normalized spacial score (nSPS) is 10.7. The van der Waals surface area contributed by atoms with Gasteiger partial charge in [0.05, 0.1) is 23.8 Å². The molecular formula is C16H13N7OS. The van der Waals surface area contributed by atoms with E-state index in [2.05, 4.69) is 35.6 Å². The summed E-state index contributed by atoms with van der Waals surface area (Å²) in [6.07, 6.45) is 4.75. The van der Waals surface area contributed by atoms with Gasteiger partial charge < -0.3 is 15.6 Å². The molecule has 25 heavy (non-hydrogen) atoms. The largest absolute Gasteiger partial charge is 0.343 e. The van der Waals surface area contributed by atoms with Gasteiger partial charge in [-0.25, -0.2) is 15.0 Å². The second kappa shape index (κ2) is 6.65. The van der Waals surface area contributed by atoms with Gasteiger partial charge in [0.15, 0.2) is 10.9 Å². The molecule has 9 heteroatoms. The fourth-order valence-electron chi connectivity index (χ4n) is 2.25. The minimum atomic E-state index is -0.260. The Hall–Kier alpha value is -3.33. The van der Waals surface area contributed by atoms with Crippen LogP contribution in [0.3, 0.4) is 0 Å². The van der Waals surface area contributed by atoms with Crippen molar-refractivity contribution >= 4 is 39.2 Å². The number of fused-ring (bicyclic) bond motifs is 1. The summed E-state index contributed by atoms with van der Waals surface area (Å²) in [5, 5.41) is 8.08. The number of aromatic nitrogens is 5. The van der Waals surface area contributed by atoms with Gasteiger partial charge in [-0.3, -0.25) is 9.78 Å². The number of para-hydroxylation sites is 2. The van der Waals surface area contributed by atoms with Crippen LogP contribution in [0.25, 0.3) is 11.0 Å². The number of amides is 1. The highest BCUT2D eigenvalue weighted by Crippen LogP contribution is 2.19. The Morgan fingerprint density at radius 3 is 2.96 bits per heavy atom. The maximum Gasteiger partial charge on any atom is 0.271 e. The van der Waals surface area contributed by atoms with Crippen LogP contribution in [-0.2, 0) is 6.54 Å². The fourth-order valence-corrected chi connectivity index (χ4v) is 2.95. The predicted molar refractivity (Wildman–Crippen MR) is 94.7 cm³/mol. The molecule has 1 aromatic carbocycles. The van der Waals surface area contributed by atoms with Crippen molar-refractivity contribution in [3.63, 3.8) is 0 Å². The number of nitrogens with one attached hydrogen (secondary N) is 3.